The quantitative estimate of drug-likeness (QED) is 0.775. The van der Waals surface area contributed by atoms with E-state index in [1.807, 2.05) is 4.90 Å². The van der Waals surface area contributed by atoms with Crippen LogP contribution in [0.25, 0.3) is 10.2 Å². The molecule has 0 aliphatic carbocycles. The number of carbonyl (C=O) groups is 1. The van der Waals surface area contributed by atoms with Crippen LogP contribution in [-0.4, -0.2) is 41.2 Å². The standard InChI is InChI=1S/C17H21BrN2O2S/c18-16-10-13-15(23-16)9-14(17(21)19-6-2-3-7-19)20(13)11-12-5-1-4-8-22-12/h9-10,12H,1-8,11H2. The van der Waals surface area contributed by atoms with E-state index < -0.39 is 0 Å². The second-order valence-corrected chi connectivity index (χ2v) is 8.89. The number of hydrogen-bond donors (Lipinski definition) is 0. The summed E-state index contributed by atoms with van der Waals surface area (Å²) in [5, 5.41) is 0. The first-order chi connectivity index (χ1) is 11.2. The van der Waals surface area contributed by atoms with Crippen LogP contribution in [0.1, 0.15) is 42.6 Å². The molecule has 1 unspecified atom stereocenters. The lowest BCUT2D eigenvalue weighted by molar-refractivity contribution is 0.00624. The molecular weight excluding hydrogens is 376 g/mol. The van der Waals surface area contributed by atoms with Crippen molar-refractivity contribution in [3.8, 4) is 0 Å². The van der Waals surface area contributed by atoms with Crippen molar-refractivity contribution in [1.29, 1.82) is 0 Å². The molecule has 4 heterocycles. The lowest BCUT2D eigenvalue weighted by Gasteiger charge is -2.25. The minimum Gasteiger partial charge on any atom is -0.376 e. The molecule has 2 aromatic rings. The van der Waals surface area contributed by atoms with Crippen molar-refractivity contribution < 1.29 is 9.53 Å². The Morgan fingerprint density at radius 3 is 2.83 bits per heavy atom. The van der Waals surface area contributed by atoms with Crippen molar-refractivity contribution in [2.24, 2.45) is 0 Å². The number of fused-ring (bicyclic) bond motifs is 1. The Bertz CT molecular complexity index is 712. The number of amides is 1. The highest BCUT2D eigenvalue weighted by Crippen LogP contribution is 2.34. The predicted octanol–water partition coefficient (Wildman–Crippen LogP) is 4.27. The third kappa shape index (κ3) is 3.08. The predicted molar refractivity (Wildman–Crippen MR) is 96.2 cm³/mol. The Labute approximate surface area is 148 Å². The number of halogens is 1. The fraction of sp³-hybridized carbons (Fsp3) is 0.588. The van der Waals surface area contributed by atoms with Crippen molar-refractivity contribution in [3.05, 3.63) is 21.6 Å². The molecule has 0 spiro atoms. The maximum Gasteiger partial charge on any atom is 0.270 e. The molecule has 2 aliphatic heterocycles. The Balaban J connectivity index is 1.68. The van der Waals surface area contributed by atoms with Gasteiger partial charge < -0.3 is 14.2 Å². The molecule has 0 radical (unpaired) electrons. The van der Waals surface area contributed by atoms with Gasteiger partial charge in [-0.2, -0.15) is 0 Å². The second-order valence-electron chi connectivity index (χ2n) is 6.43. The summed E-state index contributed by atoms with van der Waals surface area (Å²) in [6.45, 7) is 3.40. The molecule has 0 aromatic carbocycles. The highest BCUT2D eigenvalue weighted by molar-refractivity contribution is 9.11. The molecule has 0 bridgehead atoms. The van der Waals surface area contributed by atoms with Crippen molar-refractivity contribution in [3.63, 3.8) is 0 Å². The number of carbonyl (C=O) groups excluding carboxylic acids is 1. The molecular formula is C17H21BrN2O2S. The van der Waals surface area contributed by atoms with Crippen molar-refractivity contribution in [2.75, 3.05) is 19.7 Å². The van der Waals surface area contributed by atoms with E-state index in [0.29, 0.717) is 0 Å². The summed E-state index contributed by atoms with van der Waals surface area (Å²) in [7, 11) is 0. The first-order valence-corrected chi connectivity index (χ1v) is 10.0. The Hall–Kier alpha value is -0.850. The van der Waals surface area contributed by atoms with Gasteiger partial charge in [0.25, 0.3) is 5.91 Å². The van der Waals surface area contributed by atoms with E-state index in [4.69, 9.17) is 4.74 Å². The first-order valence-electron chi connectivity index (χ1n) is 8.42. The smallest absolute Gasteiger partial charge is 0.270 e. The van der Waals surface area contributed by atoms with Gasteiger partial charge in [0.2, 0.25) is 0 Å². The lowest BCUT2D eigenvalue weighted by Crippen LogP contribution is -2.31. The summed E-state index contributed by atoms with van der Waals surface area (Å²) in [5.74, 6) is 0.179. The largest absolute Gasteiger partial charge is 0.376 e. The molecule has 1 amide bonds. The van der Waals surface area contributed by atoms with Crippen molar-refractivity contribution in [1.82, 2.24) is 9.47 Å². The number of nitrogens with zero attached hydrogens (tertiary/aromatic N) is 2. The number of aromatic nitrogens is 1. The van der Waals surface area contributed by atoms with Crippen LogP contribution in [0.3, 0.4) is 0 Å². The zero-order valence-electron chi connectivity index (χ0n) is 13.1. The van der Waals surface area contributed by atoms with Gasteiger partial charge in [-0.15, -0.1) is 11.3 Å². The van der Waals surface area contributed by atoms with Gasteiger partial charge in [0.05, 0.1) is 20.1 Å². The lowest BCUT2D eigenvalue weighted by atomic mass is 10.1. The van der Waals surface area contributed by atoms with Crippen molar-refractivity contribution >= 4 is 43.4 Å². The molecule has 124 valence electrons. The van der Waals surface area contributed by atoms with E-state index in [1.54, 1.807) is 11.3 Å². The fourth-order valence-electron chi connectivity index (χ4n) is 3.62. The number of likely N-dealkylation sites (tertiary alicyclic amines) is 1. The highest BCUT2D eigenvalue weighted by atomic mass is 79.9. The first kappa shape index (κ1) is 15.7. The topological polar surface area (TPSA) is 34.5 Å². The van der Waals surface area contributed by atoms with E-state index in [9.17, 15) is 4.79 Å². The molecule has 1 atom stereocenters. The molecule has 0 saturated carbocycles. The van der Waals surface area contributed by atoms with Crippen LogP contribution < -0.4 is 0 Å². The highest BCUT2D eigenvalue weighted by Gasteiger charge is 2.26. The average molecular weight is 397 g/mol. The van der Waals surface area contributed by atoms with E-state index >= 15 is 0 Å². The maximum atomic E-state index is 12.9. The summed E-state index contributed by atoms with van der Waals surface area (Å²) in [6, 6.07) is 4.19. The average Bonchev–Trinajstić information content (AvgIpc) is 3.26. The minimum atomic E-state index is 0.179. The Kier molecular flexibility index (Phi) is 4.48. The van der Waals surface area contributed by atoms with E-state index in [0.717, 1.165) is 66.9 Å². The SMILES string of the molecule is O=C(c1cc2sc(Br)cc2n1CC1CCCCO1)N1CCCC1. The normalized spacial score (nSPS) is 22.1. The Morgan fingerprint density at radius 2 is 2.09 bits per heavy atom. The summed E-state index contributed by atoms with van der Waals surface area (Å²) < 4.78 is 10.4. The van der Waals surface area contributed by atoms with Crippen LogP contribution in [0.4, 0.5) is 0 Å². The molecule has 2 aromatic heterocycles. The third-order valence-electron chi connectivity index (χ3n) is 4.83. The summed E-state index contributed by atoms with van der Waals surface area (Å²) >= 11 is 5.26. The molecule has 2 fully saturated rings. The van der Waals surface area contributed by atoms with Gasteiger partial charge in [-0.05, 0) is 60.2 Å². The molecule has 2 aliphatic rings. The molecule has 2 saturated heterocycles. The monoisotopic (exact) mass is 396 g/mol. The van der Waals surface area contributed by atoms with E-state index in [2.05, 4.69) is 32.6 Å². The molecule has 0 N–H and O–H groups in total. The summed E-state index contributed by atoms with van der Waals surface area (Å²) in [4.78, 5) is 14.9. The van der Waals surface area contributed by atoms with Gasteiger partial charge in [-0.25, -0.2) is 0 Å². The van der Waals surface area contributed by atoms with Crippen molar-refractivity contribution in [2.45, 2.75) is 44.8 Å². The number of ether oxygens (including phenoxy) is 1. The van der Waals surface area contributed by atoms with Gasteiger partial charge in [0, 0.05) is 26.2 Å². The van der Waals surface area contributed by atoms with Crippen LogP contribution in [0.15, 0.2) is 15.9 Å². The zero-order valence-corrected chi connectivity index (χ0v) is 15.5. The van der Waals surface area contributed by atoms with E-state index in [-0.39, 0.29) is 12.0 Å². The summed E-state index contributed by atoms with van der Waals surface area (Å²) in [6.07, 6.45) is 5.93. The maximum absolute atomic E-state index is 12.9. The minimum absolute atomic E-state index is 0.179. The third-order valence-corrected chi connectivity index (χ3v) is 6.41. The van der Waals surface area contributed by atoms with Crippen LogP contribution >= 0.6 is 27.3 Å². The molecule has 23 heavy (non-hydrogen) atoms. The van der Waals surface area contributed by atoms with E-state index in [1.165, 1.54) is 11.1 Å². The summed E-state index contributed by atoms with van der Waals surface area (Å²) in [5.41, 5.74) is 1.98. The van der Waals surface area contributed by atoms with Crippen LogP contribution in [-0.2, 0) is 11.3 Å². The molecule has 4 rings (SSSR count). The van der Waals surface area contributed by atoms with Gasteiger partial charge in [0.15, 0.2) is 0 Å². The molecule has 6 heteroatoms. The number of thiophene rings is 1. The number of rotatable bonds is 3. The zero-order chi connectivity index (χ0) is 15.8. The molecule has 4 nitrogen and oxygen atoms in total. The van der Waals surface area contributed by atoms with Gasteiger partial charge in [-0.1, -0.05) is 0 Å². The number of hydrogen-bond acceptors (Lipinski definition) is 3. The van der Waals surface area contributed by atoms with Gasteiger partial charge >= 0.3 is 0 Å². The fourth-order valence-corrected chi connectivity index (χ4v) is 5.19. The van der Waals surface area contributed by atoms with Crippen LogP contribution in [0.2, 0.25) is 0 Å². The van der Waals surface area contributed by atoms with Gasteiger partial charge in [-0.3, -0.25) is 4.79 Å². The Morgan fingerprint density at radius 1 is 1.26 bits per heavy atom. The van der Waals surface area contributed by atoms with Gasteiger partial charge in [0.1, 0.15) is 5.69 Å². The van der Waals surface area contributed by atoms with Crippen LogP contribution in [0, 0.1) is 0 Å². The second kappa shape index (κ2) is 6.57. The van der Waals surface area contributed by atoms with Crippen LogP contribution in [0.5, 0.6) is 0 Å².